The smallest absolute Gasteiger partial charge is 0.407 e. The highest BCUT2D eigenvalue weighted by Crippen LogP contribution is 2.39. The van der Waals surface area contributed by atoms with Crippen LogP contribution in [0.2, 0.25) is 18.1 Å². The molecule has 0 aromatic carbocycles. The molecule has 3 atom stereocenters. The molecule has 6 heteroatoms. The molecule has 0 saturated heterocycles. The van der Waals surface area contributed by atoms with E-state index in [9.17, 15) is 9.90 Å². The summed E-state index contributed by atoms with van der Waals surface area (Å²) in [6.07, 6.45) is 1.01. The van der Waals surface area contributed by atoms with Crippen LogP contribution in [-0.4, -0.2) is 43.4 Å². The van der Waals surface area contributed by atoms with E-state index in [0.29, 0.717) is 19.3 Å². The van der Waals surface area contributed by atoms with E-state index in [1.165, 1.54) is 0 Å². The summed E-state index contributed by atoms with van der Waals surface area (Å²) in [6, 6.07) is -0.109. The van der Waals surface area contributed by atoms with E-state index in [0.717, 1.165) is 0 Å². The number of hydrogen-bond acceptors (Lipinski definition) is 4. The maximum Gasteiger partial charge on any atom is 0.407 e. The van der Waals surface area contributed by atoms with Crippen molar-refractivity contribution in [2.45, 2.75) is 103 Å². The summed E-state index contributed by atoms with van der Waals surface area (Å²) in [5.41, 5.74) is -0.520. The van der Waals surface area contributed by atoms with Gasteiger partial charge in [0.25, 0.3) is 0 Å². The molecule has 1 fully saturated rings. The van der Waals surface area contributed by atoms with Crippen molar-refractivity contribution in [3.05, 3.63) is 0 Å². The molecule has 0 unspecified atom stereocenters. The van der Waals surface area contributed by atoms with Gasteiger partial charge in [-0.15, -0.1) is 0 Å². The average Bonchev–Trinajstić information content (AvgIpc) is 2.28. The zero-order chi connectivity index (χ0) is 18.1. The summed E-state index contributed by atoms with van der Waals surface area (Å²) in [5.74, 6) is 0. The van der Waals surface area contributed by atoms with Crippen LogP contribution in [0.3, 0.4) is 0 Å². The van der Waals surface area contributed by atoms with E-state index in [1.807, 2.05) is 20.8 Å². The molecule has 1 amide bonds. The molecule has 0 spiro atoms. The Labute approximate surface area is 142 Å². The number of carbonyl (C=O) groups excluding carboxylic acids is 1. The first-order chi connectivity index (χ1) is 10.2. The van der Waals surface area contributed by atoms with Gasteiger partial charge in [-0.3, -0.25) is 0 Å². The molecule has 1 aliphatic rings. The molecule has 1 rings (SSSR count). The van der Waals surface area contributed by atoms with E-state index < -0.39 is 20.0 Å². The number of hydrogen-bond donors (Lipinski definition) is 2. The molecule has 0 aliphatic heterocycles. The summed E-state index contributed by atoms with van der Waals surface area (Å²) >= 11 is 0. The van der Waals surface area contributed by atoms with Crippen molar-refractivity contribution in [3.63, 3.8) is 0 Å². The fourth-order valence-electron chi connectivity index (χ4n) is 2.42. The van der Waals surface area contributed by atoms with Crippen LogP contribution in [-0.2, 0) is 9.16 Å². The Hall–Kier alpha value is -0.593. The zero-order valence-electron chi connectivity index (χ0n) is 16.0. The second kappa shape index (κ2) is 7.11. The van der Waals surface area contributed by atoms with Gasteiger partial charge in [-0.1, -0.05) is 20.8 Å². The van der Waals surface area contributed by atoms with Crippen LogP contribution in [0.15, 0.2) is 0 Å². The van der Waals surface area contributed by atoms with Gasteiger partial charge in [0.15, 0.2) is 8.32 Å². The summed E-state index contributed by atoms with van der Waals surface area (Å²) < 4.78 is 11.8. The quantitative estimate of drug-likeness (QED) is 0.763. The highest BCUT2D eigenvalue weighted by atomic mass is 28.4. The van der Waals surface area contributed by atoms with Gasteiger partial charge in [0, 0.05) is 6.42 Å². The Bertz CT molecular complexity index is 412. The summed E-state index contributed by atoms with van der Waals surface area (Å²) in [6.45, 7) is 16.5. The highest BCUT2D eigenvalue weighted by molar-refractivity contribution is 6.74. The molecule has 0 aromatic heterocycles. The van der Waals surface area contributed by atoms with Gasteiger partial charge in [0.05, 0.1) is 18.2 Å². The Morgan fingerprint density at radius 1 is 1.13 bits per heavy atom. The van der Waals surface area contributed by atoms with Crippen molar-refractivity contribution < 1.29 is 19.1 Å². The number of ether oxygens (including phenoxy) is 1. The van der Waals surface area contributed by atoms with Crippen molar-refractivity contribution in [1.29, 1.82) is 0 Å². The molecule has 0 radical (unpaired) electrons. The second-order valence-electron chi connectivity index (χ2n) is 9.14. The second-order valence-corrected chi connectivity index (χ2v) is 13.9. The van der Waals surface area contributed by atoms with E-state index >= 15 is 0 Å². The van der Waals surface area contributed by atoms with E-state index in [-0.39, 0.29) is 23.3 Å². The molecular formula is C17H35NO4Si. The van der Waals surface area contributed by atoms with Gasteiger partial charge < -0.3 is 19.6 Å². The normalized spacial score (nSPS) is 26.7. The average molecular weight is 346 g/mol. The third kappa shape index (κ3) is 6.43. The lowest BCUT2D eigenvalue weighted by Gasteiger charge is -2.44. The van der Waals surface area contributed by atoms with Crippen molar-refractivity contribution in [3.8, 4) is 0 Å². The molecule has 0 heterocycles. The largest absolute Gasteiger partial charge is 0.444 e. The maximum absolute atomic E-state index is 12.1. The minimum atomic E-state index is -1.96. The SMILES string of the molecule is CC(C)(C)OC(=O)N[C@H]1CC[C@@H](O)C[C@@H]1O[Si](C)(C)C(C)(C)C. The predicted octanol–water partition coefficient (Wildman–Crippen LogP) is 3.81. The van der Waals surface area contributed by atoms with Crippen LogP contribution in [0.4, 0.5) is 4.79 Å². The standard InChI is InChI=1S/C17H35NO4Si/c1-16(2,3)21-15(20)18-13-10-9-12(19)11-14(13)22-23(7,8)17(4,5)6/h12-14,19H,9-11H2,1-8H3,(H,18,20)/t12-,13+,14+/m1/s1. The van der Waals surface area contributed by atoms with Gasteiger partial charge in [-0.25, -0.2) is 4.79 Å². The van der Waals surface area contributed by atoms with Gasteiger partial charge in [0.2, 0.25) is 0 Å². The summed E-state index contributed by atoms with van der Waals surface area (Å²) in [5, 5.41) is 13.0. The number of aliphatic hydroxyl groups is 1. The zero-order valence-corrected chi connectivity index (χ0v) is 17.0. The molecule has 2 N–H and O–H groups in total. The number of nitrogens with one attached hydrogen (secondary N) is 1. The molecule has 5 nitrogen and oxygen atoms in total. The number of carbonyl (C=O) groups is 1. The first-order valence-corrected chi connectivity index (χ1v) is 11.5. The Kier molecular flexibility index (Phi) is 6.32. The van der Waals surface area contributed by atoms with Crippen molar-refractivity contribution in [2.24, 2.45) is 0 Å². The maximum atomic E-state index is 12.1. The Morgan fingerprint density at radius 2 is 1.70 bits per heavy atom. The Balaban J connectivity index is 2.78. The minimum Gasteiger partial charge on any atom is -0.444 e. The van der Waals surface area contributed by atoms with Gasteiger partial charge in [-0.2, -0.15) is 0 Å². The molecule has 136 valence electrons. The van der Waals surface area contributed by atoms with Gasteiger partial charge in [-0.05, 0) is 51.7 Å². The van der Waals surface area contributed by atoms with Crippen molar-refractivity contribution in [2.75, 3.05) is 0 Å². The first-order valence-electron chi connectivity index (χ1n) is 8.57. The number of rotatable bonds is 3. The van der Waals surface area contributed by atoms with Crippen LogP contribution >= 0.6 is 0 Å². The van der Waals surface area contributed by atoms with Crippen molar-refractivity contribution >= 4 is 14.4 Å². The van der Waals surface area contributed by atoms with E-state index in [1.54, 1.807) is 0 Å². The van der Waals surface area contributed by atoms with Crippen LogP contribution in [0.1, 0.15) is 60.8 Å². The predicted molar refractivity (Wildman–Crippen MR) is 95.1 cm³/mol. The molecule has 1 aliphatic carbocycles. The third-order valence-electron chi connectivity index (χ3n) is 4.72. The van der Waals surface area contributed by atoms with E-state index in [4.69, 9.17) is 9.16 Å². The Morgan fingerprint density at radius 3 is 2.17 bits per heavy atom. The lowest BCUT2D eigenvalue weighted by molar-refractivity contribution is 0.0112. The first kappa shape index (κ1) is 20.5. The van der Waals surface area contributed by atoms with Gasteiger partial charge in [0.1, 0.15) is 5.60 Å². The summed E-state index contributed by atoms with van der Waals surface area (Å²) in [7, 11) is -1.96. The molecule has 1 saturated carbocycles. The lowest BCUT2D eigenvalue weighted by atomic mass is 9.90. The fraction of sp³-hybridized carbons (Fsp3) is 0.941. The van der Waals surface area contributed by atoms with Crippen LogP contribution < -0.4 is 5.32 Å². The number of alkyl carbamates (subject to hydrolysis) is 1. The fourth-order valence-corrected chi connectivity index (χ4v) is 3.79. The molecule has 23 heavy (non-hydrogen) atoms. The molecule has 0 bridgehead atoms. The van der Waals surface area contributed by atoms with Gasteiger partial charge >= 0.3 is 6.09 Å². The number of amides is 1. The minimum absolute atomic E-state index is 0.0892. The molecular weight excluding hydrogens is 310 g/mol. The summed E-state index contributed by atoms with van der Waals surface area (Å²) in [4.78, 5) is 12.1. The van der Waals surface area contributed by atoms with Crippen molar-refractivity contribution in [1.82, 2.24) is 5.32 Å². The van der Waals surface area contributed by atoms with Crippen LogP contribution in [0.25, 0.3) is 0 Å². The van der Waals surface area contributed by atoms with E-state index in [2.05, 4.69) is 39.2 Å². The third-order valence-corrected chi connectivity index (χ3v) is 9.22. The topological polar surface area (TPSA) is 67.8 Å². The lowest BCUT2D eigenvalue weighted by Crippen LogP contribution is -2.55. The monoisotopic (exact) mass is 345 g/mol. The number of aliphatic hydroxyl groups excluding tert-OH is 1. The van der Waals surface area contributed by atoms with Crippen LogP contribution in [0, 0.1) is 0 Å². The van der Waals surface area contributed by atoms with Crippen LogP contribution in [0.5, 0.6) is 0 Å². The highest BCUT2D eigenvalue weighted by Gasteiger charge is 2.42. The molecule has 0 aromatic rings.